The number of aromatic nitrogens is 2. The number of carbonyl (C=O) groups is 1. The van der Waals surface area contributed by atoms with Gasteiger partial charge < -0.3 is 24.1 Å². The number of rotatable bonds is 7. The maximum Gasteiger partial charge on any atom is 0.258 e. The smallest absolute Gasteiger partial charge is 0.258 e. The summed E-state index contributed by atoms with van der Waals surface area (Å²) in [7, 11) is 0. The van der Waals surface area contributed by atoms with Crippen molar-refractivity contribution in [1.82, 2.24) is 15.5 Å². The molecule has 3 rings (SSSR count). The minimum absolute atomic E-state index is 0.0845. The number of aryl methyl sites for hydroxylation is 2. The van der Waals surface area contributed by atoms with Crippen LogP contribution in [0.5, 0.6) is 5.75 Å². The molecule has 0 spiro atoms. The molecule has 0 aromatic carbocycles. The first-order valence-corrected chi connectivity index (χ1v) is 8.56. The Balaban J connectivity index is 1.50. The minimum atomic E-state index is -0.228. The van der Waals surface area contributed by atoms with Crippen molar-refractivity contribution in [3.05, 3.63) is 41.5 Å². The Morgan fingerprint density at radius 2 is 2.31 bits per heavy atom. The summed E-state index contributed by atoms with van der Waals surface area (Å²) in [6, 6.07) is 3.27. The zero-order valence-electron chi connectivity index (χ0n) is 14.9. The summed E-state index contributed by atoms with van der Waals surface area (Å²) in [5.74, 6) is 1.07. The zero-order valence-corrected chi connectivity index (χ0v) is 14.9. The predicted molar refractivity (Wildman–Crippen MR) is 91.7 cm³/mol. The molecule has 1 aliphatic rings. The summed E-state index contributed by atoms with van der Waals surface area (Å²) in [5, 5.41) is 6.85. The Labute approximate surface area is 151 Å². The number of carbonyl (C=O) groups excluding carboxylic acids is 1. The van der Waals surface area contributed by atoms with Gasteiger partial charge in [-0.1, -0.05) is 5.16 Å². The Kier molecular flexibility index (Phi) is 6.19. The highest BCUT2D eigenvalue weighted by Crippen LogP contribution is 2.18. The van der Waals surface area contributed by atoms with Gasteiger partial charge in [-0.25, -0.2) is 0 Å². The molecule has 0 radical (unpaired) electrons. The molecular formula is C18H23N3O5. The standard InChI is InChI=1S/C18H23N3O5/c1-12-15(13(2)26-21-12)9-25-17-5-7-23-10-16(17)20-18(22)11-24-14-4-3-6-19-8-14/h3-4,6,8,16-17H,5,7,9-11H2,1-2H3,(H,20,22)/t16-,17+/m0/s1. The van der Waals surface area contributed by atoms with Gasteiger partial charge in [0, 0.05) is 18.4 Å². The van der Waals surface area contributed by atoms with E-state index < -0.39 is 0 Å². The van der Waals surface area contributed by atoms with Crippen LogP contribution in [0.4, 0.5) is 0 Å². The Morgan fingerprint density at radius 3 is 3.04 bits per heavy atom. The zero-order chi connectivity index (χ0) is 18.4. The Hall–Kier alpha value is -2.45. The van der Waals surface area contributed by atoms with Crippen molar-refractivity contribution in [2.24, 2.45) is 0 Å². The van der Waals surface area contributed by atoms with Crippen molar-refractivity contribution in [3.63, 3.8) is 0 Å². The van der Waals surface area contributed by atoms with Crippen LogP contribution in [0.15, 0.2) is 29.0 Å². The third-order valence-electron chi connectivity index (χ3n) is 4.27. The van der Waals surface area contributed by atoms with E-state index in [0.29, 0.717) is 32.0 Å². The lowest BCUT2D eigenvalue weighted by atomic mass is 10.1. The van der Waals surface area contributed by atoms with Gasteiger partial charge in [0.05, 0.1) is 37.3 Å². The number of hydrogen-bond donors (Lipinski definition) is 1. The van der Waals surface area contributed by atoms with E-state index in [-0.39, 0.29) is 24.7 Å². The van der Waals surface area contributed by atoms with Gasteiger partial charge in [0.1, 0.15) is 11.5 Å². The molecule has 0 unspecified atom stereocenters. The average Bonchev–Trinajstić information content (AvgIpc) is 2.98. The van der Waals surface area contributed by atoms with Crippen LogP contribution in [0, 0.1) is 13.8 Å². The van der Waals surface area contributed by atoms with Gasteiger partial charge in [-0.2, -0.15) is 0 Å². The van der Waals surface area contributed by atoms with Gasteiger partial charge in [-0.15, -0.1) is 0 Å². The largest absolute Gasteiger partial charge is 0.482 e. The summed E-state index contributed by atoms with van der Waals surface area (Å²) in [5.41, 5.74) is 1.77. The van der Waals surface area contributed by atoms with Crippen molar-refractivity contribution in [2.45, 2.75) is 39.0 Å². The van der Waals surface area contributed by atoms with E-state index >= 15 is 0 Å². The fraction of sp³-hybridized carbons (Fsp3) is 0.500. The lowest BCUT2D eigenvalue weighted by Gasteiger charge is -2.32. The van der Waals surface area contributed by atoms with Crippen LogP contribution >= 0.6 is 0 Å². The number of pyridine rings is 1. The van der Waals surface area contributed by atoms with E-state index in [2.05, 4.69) is 15.5 Å². The molecule has 1 fully saturated rings. The molecule has 0 bridgehead atoms. The summed E-state index contributed by atoms with van der Waals surface area (Å²) in [4.78, 5) is 16.1. The second-order valence-electron chi connectivity index (χ2n) is 6.17. The lowest BCUT2D eigenvalue weighted by Crippen LogP contribution is -2.51. The first-order chi connectivity index (χ1) is 12.6. The molecule has 2 atom stereocenters. The van der Waals surface area contributed by atoms with Gasteiger partial charge in [0.25, 0.3) is 5.91 Å². The lowest BCUT2D eigenvalue weighted by molar-refractivity contribution is -0.128. The van der Waals surface area contributed by atoms with Crippen LogP contribution < -0.4 is 10.1 Å². The molecule has 2 aromatic rings. The second-order valence-corrected chi connectivity index (χ2v) is 6.17. The number of nitrogens with zero attached hydrogens (tertiary/aromatic N) is 2. The fourth-order valence-corrected chi connectivity index (χ4v) is 2.78. The van der Waals surface area contributed by atoms with Crippen LogP contribution in [0.3, 0.4) is 0 Å². The third-order valence-corrected chi connectivity index (χ3v) is 4.27. The number of ether oxygens (including phenoxy) is 3. The number of nitrogens with one attached hydrogen (secondary N) is 1. The fourth-order valence-electron chi connectivity index (χ4n) is 2.78. The molecule has 1 amide bonds. The number of amides is 1. The van der Waals surface area contributed by atoms with Crippen molar-refractivity contribution >= 4 is 5.91 Å². The topological polar surface area (TPSA) is 95.7 Å². The second kappa shape index (κ2) is 8.77. The van der Waals surface area contributed by atoms with E-state index in [1.807, 2.05) is 13.8 Å². The highest BCUT2D eigenvalue weighted by Gasteiger charge is 2.28. The maximum absolute atomic E-state index is 12.2. The third kappa shape index (κ3) is 4.80. The Morgan fingerprint density at radius 1 is 1.42 bits per heavy atom. The van der Waals surface area contributed by atoms with E-state index in [9.17, 15) is 4.79 Å². The van der Waals surface area contributed by atoms with Crippen LogP contribution in [-0.2, 0) is 20.9 Å². The average molecular weight is 361 g/mol. The maximum atomic E-state index is 12.2. The molecule has 0 saturated carbocycles. The molecule has 1 saturated heterocycles. The molecule has 26 heavy (non-hydrogen) atoms. The van der Waals surface area contributed by atoms with E-state index in [1.54, 1.807) is 24.5 Å². The van der Waals surface area contributed by atoms with Crippen molar-refractivity contribution in [1.29, 1.82) is 0 Å². The first-order valence-electron chi connectivity index (χ1n) is 8.56. The molecule has 8 nitrogen and oxygen atoms in total. The van der Waals surface area contributed by atoms with Crippen LogP contribution in [0.25, 0.3) is 0 Å². The van der Waals surface area contributed by atoms with Gasteiger partial charge in [-0.3, -0.25) is 9.78 Å². The quantitative estimate of drug-likeness (QED) is 0.799. The summed E-state index contributed by atoms with van der Waals surface area (Å²) >= 11 is 0. The van der Waals surface area contributed by atoms with E-state index in [0.717, 1.165) is 17.0 Å². The van der Waals surface area contributed by atoms with Gasteiger partial charge in [0.2, 0.25) is 0 Å². The highest BCUT2D eigenvalue weighted by atomic mass is 16.5. The van der Waals surface area contributed by atoms with Crippen molar-refractivity contribution < 1.29 is 23.5 Å². The first kappa shape index (κ1) is 18.3. The normalized spacial score (nSPS) is 19.9. The van der Waals surface area contributed by atoms with Crippen LogP contribution in [-0.4, -0.2) is 48.0 Å². The summed E-state index contributed by atoms with van der Waals surface area (Å²) in [6.07, 6.45) is 3.78. The Bertz CT molecular complexity index is 699. The SMILES string of the molecule is Cc1noc(C)c1CO[C@@H]1CCOC[C@@H]1NC(=O)COc1cccnc1. The summed E-state index contributed by atoms with van der Waals surface area (Å²) < 4.78 is 22.1. The molecule has 1 aliphatic heterocycles. The molecule has 1 N–H and O–H groups in total. The van der Waals surface area contributed by atoms with E-state index in [1.165, 1.54) is 0 Å². The van der Waals surface area contributed by atoms with Crippen LogP contribution in [0.1, 0.15) is 23.4 Å². The van der Waals surface area contributed by atoms with Gasteiger partial charge in [-0.05, 0) is 32.4 Å². The minimum Gasteiger partial charge on any atom is -0.482 e. The van der Waals surface area contributed by atoms with Gasteiger partial charge >= 0.3 is 0 Å². The predicted octanol–water partition coefficient (Wildman–Crippen LogP) is 1.56. The van der Waals surface area contributed by atoms with Crippen LogP contribution in [0.2, 0.25) is 0 Å². The molecule has 3 heterocycles. The molecular weight excluding hydrogens is 338 g/mol. The van der Waals surface area contributed by atoms with Gasteiger partial charge in [0.15, 0.2) is 6.61 Å². The van der Waals surface area contributed by atoms with Crippen molar-refractivity contribution in [2.75, 3.05) is 19.8 Å². The summed E-state index contributed by atoms with van der Waals surface area (Å²) in [6.45, 7) is 5.06. The highest BCUT2D eigenvalue weighted by molar-refractivity contribution is 5.77. The molecule has 2 aromatic heterocycles. The monoisotopic (exact) mass is 361 g/mol. The molecule has 8 heteroatoms. The number of hydrogen-bond acceptors (Lipinski definition) is 7. The molecule has 140 valence electrons. The van der Waals surface area contributed by atoms with E-state index in [4.69, 9.17) is 18.7 Å². The van der Waals surface area contributed by atoms with Crippen molar-refractivity contribution in [3.8, 4) is 5.75 Å². The molecule has 0 aliphatic carbocycles.